The fraction of sp³-hybridized carbons (Fsp3) is 0.312. The molecule has 2 N–H and O–H groups in total. The van der Waals surface area contributed by atoms with Crippen LogP contribution in [0.15, 0.2) is 47.1 Å². The molecular formula is C16H20N2O4S. The molecule has 23 heavy (non-hydrogen) atoms. The Labute approximate surface area is 135 Å². The van der Waals surface area contributed by atoms with Crippen LogP contribution in [0.25, 0.3) is 0 Å². The molecule has 6 nitrogen and oxygen atoms in total. The molecule has 2 aromatic rings. The lowest BCUT2D eigenvalue weighted by molar-refractivity contribution is 0.0935. The standard InChI is InChI=1S/C16H20N2O4S/c1-12(15-4-3-11-22-15)18-16(19)14-7-5-13(6-8-14)9-10-17-23(2,20)21/h3-8,11-12,17H,9-10H2,1-2H3,(H,18,19). The van der Waals surface area contributed by atoms with E-state index >= 15 is 0 Å². The molecule has 1 heterocycles. The number of hydrogen-bond donors (Lipinski definition) is 2. The third kappa shape index (κ3) is 5.54. The van der Waals surface area contributed by atoms with E-state index in [0.717, 1.165) is 11.8 Å². The van der Waals surface area contributed by atoms with Gasteiger partial charge in [0.15, 0.2) is 0 Å². The molecule has 0 aliphatic heterocycles. The van der Waals surface area contributed by atoms with E-state index in [9.17, 15) is 13.2 Å². The molecule has 1 aromatic heterocycles. The number of rotatable bonds is 7. The summed E-state index contributed by atoms with van der Waals surface area (Å²) in [7, 11) is -3.17. The fourth-order valence-corrected chi connectivity index (χ4v) is 2.57. The number of carbonyl (C=O) groups is 1. The van der Waals surface area contributed by atoms with Crippen molar-refractivity contribution in [3.8, 4) is 0 Å². The first-order chi connectivity index (χ1) is 10.8. The van der Waals surface area contributed by atoms with Crippen LogP contribution in [0.5, 0.6) is 0 Å². The van der Waals surface area contributed by atoms with Crippen molar-refractivity contribution in [2.24, 2.45) is 0 Å². The number of amides is 1. The summed E-state index contributed by atoms with van der Waals surface area (Å²) < 4.78 is 29.7. The molecule has 0 aliphatic carbocycles. The topological polar surface area (TPSA) is 88.4 Å². The van der Waals surface area contributed by atoms with Gasteiger partial charge in [0, 0.05) is 12.1 Å². The first-order valence-corrected chi connectivity index (χ1v) is 9.12. The largest absolute Gasteiger partial charge is 0.467 e. The van der Waals surface area contributed by atoms with E-state index in [0.29, 0.717) is 24.3 Å². The summed E-state index contributed by atoms with van der Waals surface area (Å²) >= 11 is 0. The van der Waals surface area contributed by atoms with Gasteiger partial charge in [-0.15, -0.1) is 0 Å². The highest BCUT2D eigenvalue weighted by Gasteiger charge is 2.13. The second kappa shape index (κ2) is 7.43. The third-order valence-electron chi connectivity index (χ3n) is 3.31. The lowest BCUT2D eigenvalue weighted by atomic mass is 10.1. The first kappa shape index (κ1) is 17.2. The van der Waals surface area contributed by atoms with Crippen LogP contribution in [0.4, 0.5) is 0 Å². The number of benzene rings is 1. The number of nitrogens with one attached hydrogen (secondary N) is 2. The lowest BCUT2D eigenvalue weighted by Crippen LogP contribution is -2.26. The van der Waals surface area contributed by atoms with Gasteiger partial charge in [-0.1, -0.05) is 12.1 Å². The predicted octanol–water partition coefficient (Wildman–Crippen LogP) is 1.86. The molecule has 1 unspecified atom stereocenters. The third-order valence-corrected chi connectivity index (χ3v) is 4.04. The minimum Gasteiger partial charge on any atom is -0.467 e. The van der Waals surface area contributed by atoms with Gasteiger partial charge in [0.1, 0.15) is 5.76 Å². The van der Waals surface area contributed by atoms with Crippen molar-refractivity contribution in [3.63, 3.8) is 0 Å². The molecule has 0 spiro atoms. The number of furan rings is 1. The van der Waals surface area contributed by atoms with Gasteiger partial charge in [-0.05, 0) is 43.2 Å². The minimum absolute atomic E-state index is 0.185. The van der Waals surface area contributed by atoms with Gasteiger partial charge in [0.2, 0.25) is 10.0 Å². The highest BCUT2D eigenvalue weighted by Crippen LogP contribution is 2.13. The molecule has 1 atom stereocenters. The van der Waals surface area contributed by atoms with E-state index in [1.807, 2.05) is 25.1 Å². The molecule has 7 heteroatoms. The second-order valence-corrected chi connectivity index (χ2v) is 7.16. The van der Waals surface area contributed by atoms with Crippen LogP contribution in [-0.4, -0.2) is 27.1 Å². The maximum absolute atomic E-state index is 12.2. The van der Waals surface area contributed by atoms with Crippen molar-refractivity contribution in [1.82, 2.24) is 10.0 Å². The van der Waals surface area contributed by atoms with E-state index in [1.54, 1.807) is 24.5 Å². The van der Waals surface area contributed by atoms with E-state index in [2.05, 4.69) is 10.0 Å². The Morgan fingerprint density at radius 2 is 1.91 bits per heavy atom. The molecule has 0 saturated heterocycles. The average Bonchev–Trinajstić information content (AvgIpc) is 3.01. The molecule has 0 fully saturated rings. The van der Waals surface area contributed by atoms with Crippen LogP contribution in [0.2, 0.25) is 0 Å². The van der Waals surface area contributed by atoms with Crippen molar-refractivity contribution < 1.29 is 17.6 Å². The number of sulfonamides is 1. The summed E-state index contributed by atoms with van der Waals surface area (Å²) in [5.74, 6) is 0.511. The molecule has 0 aliphatic rings. The molecule has 124 valence electrons. The monoisotopic (exact) mass is 336 g/mol. The van der Waals surface area contributed by atoms with Crippen LogP contribution in [0, 0.1) is 0 Å². The summed E-state index contributed by atoms with van der Waals surface area (Å²) in [6, 6.07) is 10.4. The molecule has 0 bridgehead atoms. The average molecular weight is 336 g/mol. The van der Waals surface area contributed by atoms with E-state index in [1.165, 1.54) is 0 Å². The van der Waals surface area contributed by atoms with Crippen molar-refractivity contribution >= 4 is 15.9 Å². The zero-order chi connectivity index (χ0) is 16.9. The van der Waals surface area contributed by atoms with E-state index < -0.39 is 10.0 Å². The van der Waals surface area contributed by atoms with Gasteiger partial charge >= 0.3 is 0 Å². The first-order valence-electron chi connectivity index (χ1n) is 7.23. The Kier molecular flexibility index (Phi) is 5.57. The normalized spacial score (nSPS) is 12.8. The van der Waals surface area contributed by atoms with Gasteiger partial charge in [-0.3, -0.25) is 4.79 Å². The van der Waals surface area contributed by atoms with Crippen LogP contribution in [-0.2, 0) is 16.4 Å². The quantitative estimate of drug-likeness (QED) is 0.808. The van der Waals surface area contributed by atoms with E-state index in [4.69, 9.17) is 4.42 Å². The predicted molar refractivity (Wildman–Crippen MR) is 87.6 cm³/mol. The number of carbonyl (C=O) groups excluding carboxylic acids is 1. The summed E-state index contributed by atoms with van der Waals surface area (Å²) in [6.07, 6.45) is 3.26. The maximum atomic E-state index is 12.2. The fourth-order valence-electron chi connectivity index (χ4n) is 2.09. The van der Waals surface area contributed by atoms with Crippen LogP contribution in [0.3, 0.4) is 0 Å². The van der Waals surface area contributed by atoms with Crippen molar-refractivity contribution in [3.05, 3.63) is 59.5 Å². The molecule has 1 amide bonds. The molecule has 0 saturated carbocycles. The highest BCUT2D eigenvalue weighted by atomic mass is 32.2. The Hall–Kier alpha value is -2.12. The van der Waals surface area contributed by atoms with Gasteiger partial charge in [0.05, 0.1) is 18.6 Å². The Balaban J connectivity index is 1.90. The zero-order valence-electron chi connectivity index (χ0n) is 13.1. The molecule has 2 rings (SSSR count). The number of hydrogen-bond acceptors (Lipinski definition) is 4. The van der Waals surface area contributed by atoms with E-state index in [-0.39, 0.29) is 11.9 Å². The minimum atomic E-state index is -3.17. The molecular weight excluding hydrogens is 316 g/mol. The lowest BCUT2D eigenvalue weighted by Gasteiger charge is -2.11. The van der Waals surface area contributed by atoms with Crippen molar-refractivity contribution in [2.75, 3.05) is 12.8 Å². The van der Waals surface area contributed by atoms with Gasteiger partial charge in [-0.2, -0.15) is 0 Å². The molecule has 1 aromatic carbocycles. The van der Waals surface area contributed by atoms with Crippen LogP contribution >= 0.6 is 0 Å². The Morgan fingerprint density at radius 1 is 1.22 bits per heavy atom. The Bertz CT molecular complexity index is 737. The van der Waals surface area contributed by atoms with Crippen molar-refractivity contribution in [2.45, 2.75) is 19.4 Å². The van der Waals surface area contributed by atoms with Gasteiger partial charge < -0.3 is 9.73 Å². The van der Waals surface area contributed by atoms with Gasteiger partial charge in [0.25, 0.3) is 5.91 Å². The summed E-state index contributed by atoms with van der Waals surface area (Å²) in [4.78, 5) is 12.2. The van der Waals surface area contributed by atoms with Gasteiger partial charge in [-0.25, -0.2) is 13.1 Å². The van der Waals surface area contributed by atoms with Crippen LogP contribution < -0.4 is 10.0 Å². The summed E-state index contributed by atoms with van der Waals surface area (Å²) in [6.45, 7) is 2.18. The smallest absolute Gasteiger partial charge is 0.251 e. The highest BCUT2D eigenvalue weighted by molar-refractivity contribution is 7.88. The maximum Gasteiger partial charge on any atom is 0.251 e. The zero-order valence-corrected chi connectivity index (χ0v) is 13.9. The summed E-state index contributed by atoms with van der Waals surface area (Å²) in [5.41, 5.74) is 1.50. The van der Waals surface area contributed by atoms with Crippen molar-refractivity contribution in [1.29, 1.82) is 0 Å². The second-order valence-electron chi connectivity index (χ2n) is 5.32. The molecule has 0 radical (unpaired) electrons. The SMILES string of the molecule is CC(NC(=O)c1ccc(CCNS(C)(=O)=O)cc1)c1ccco1. The summed E-state index contributed by atoms with van der Waals surface area (Å²) in [5, 5.41) is 2.86. The Morgan fingerprint density at radius 3 is 2.48 bits per heavy atom. The van der Waals surface area contributed by atoms with Crippen LogP contribution in [0.1, 0.15) is 34.6 Å².